The number of fused-ring (bicyclic) bond motifs is 1. The fraction of sp³-hybridized carbons (Fsp3) is 0.182. The highest BCUT2D eigenvalue weighted by Crippen LogP contribution is 2.44. The Balaban J connectivity index is 1.84. The van der Waals surface area contributed by atoms with E-state index in [1.54, 1.807) is 6.08 Å². The Morgan fingerprint density at radius 1 is 1.23 bits per heavy atom. The molecule has 2 aliphatic heterocycles. The minimum absolute atomic E-state index is 0.131. The predicted octanol–water partition coefficient (Wildman–Crippen LogP) is 4.59. The fourth-order valence-electron chi connectivity index (χ4n) is 3.43. The number of amides is 1. The minimum atomic E-state index is -0.548. The zero-order chi connectivity index (χ0) is 18.5. The second kappa shape index (κ2) is 5.70. The number of aromatic nitrogens is 1. The average Bonchev–Trinajstić information content (AvgIpc) is 3.09. The summed E-state index contributed by atoms with van der Waals surface area (Å²) in [7, 11) is 0. The van der Waals surface area contributed by atoms with Gasteiger partial charge in [-0.3, -0.25) is 9.78 Å². The number of anilines is 1. The number of carbonyl (C=O) groups excluding carboxylic acids is 1. The Bertz CT molecular complexity index is 995. The Hall–Kier alpha value is -3.14. The van der Waals surface area contributed by atoms with Gasteiger partial charge in [-0.15, -0.1) is 0 Å². The Labute approximate surface area is 152 Å². The molecule has 2 aromatic rings. The van der Waals surface area contributed by atoms with Crippen molar-refractivity contribution in [3.63, 3.8) is 0 Å². The molecule has 1 aromatic heterocycles. The summed E-state index contributed by atoms with van der Waals surface area (Å²) in [5.41, 5.74) is 5.64. The number of benzene rings is 1. The van der Waals surface area contributed by atoms with Gasteiger partial charge < -0.3 is 10.1 Å². The van der Waals surface area contributed by atoms with Crippen LogP contribution in [0.25, 0.3) is 17.2 Å². The van der Waals surface area contributed by atoms with Crippen molar-refractivity contribution in [2.45, 2.75) is 26.4 Å². The lowest BCUT2D eigenvalue weighted by atomic mass is 9.93. The van der Waals surface area contributed by atoms with Gasteiger partial charge in [-0.25, -0.2) is 0 Å². The number of nitrogens with zero attached hydrogens (tertiary/aromatic N) is 1. The van der Waals surface area contributed by atoms with Crippen LogP contribution in [0.5, 0.6) is 0 Å². The third-order valence-corrected chi connectivity index (χ3v) is 4.76. The van der Waals surface area contributed by atoms with Crippen LogP contribution in [-0.2, 0) is 9.53 Å². The van der Waals surface area contributed by atoms with Gasteiger partial charge in [-0.05, 0) is 50.6 Å². The molecule has 0 fully saturated rings. The molecular weight excluding hydrogens is 324 g/mol. The molecule has 4 nitrogen and oxygen atoms in total. The number of ether oxygens (including phenoxy) is 1. The van der Waals surface area contributed by atoms with Crippen molar-refractivity contribution >= 4 is 28.8 Å². The first-order valence-corrected chi connectivity index (χ1v) is 8.56. The molecule has 130 valence electrons. The summed E-state index contributed by atoms with van der Waals surface area (Å²) in [6, 6.07) is 9.87. The summed E-state index contributed by atoms with van der Waals surface area (Å²) >= 11 is 0. The van der Waals surface area contributed by atoms with Crippen molar-refractivity contribution in [1.29, 1.82) is 0 Å². The van der Waals surface area contributed by atoms with Crippen molar-refractivity contribution in [2.24, 2.45) is 0 Å². The van der Waals surface area contributed by atoms with Crippen molar-refractivity contribution in [3.05, 3.63) is 77.3 Å². The molecule has 0 saturated heterocycles. The van der Waals surface area contributed by atoms with Crippen molar-refractivity contribution in [3.8, 4) is 0 Å². The summed E-state index contributed by atoms with van der Waals surface area (Å²) < 4.78 is 6.19. The SMILES string of the molecule is C=Cc1ccc(C2=C/C(=C3\C(=O)Nc4cc(C)ccc43)OC2(C)C)cn1. The van der Waals surface area contributed by atoms with Gasteiger partial charge in [0, 0.05) is 28.6 Å². The van der Waals surface area contributed by atoms with Crippen LogP contribution in [0.1, 0.15) is 36.2 Å². The number of hydrogen-bond acceptors (Lipinski definition) is 3. The highest BCUT2D eigenvalue weighted by molar-refractivity contribution is 6.32. The van der Waals surface area contributed by atoms with E-state index in [1.165, 1.54) is 0 Å². The van der Waals surface area contributed by atoms with Crippen LogP contribution in [0, 0.1) is 6.92 Å². The Kier molecular flexibility index (Phi) is 3.58. The topological polar surface area (TPSA) is 51.2 Å². The standard InChI is InChI=1S/C22H20N2O2/c1-5-15-8-7-14(12-23-15)17-11-19(26-22(17,3)4)20-16-9-6-13(2)10-18(16)24-21(20)25/h5-12H,1H2,2-4H3,(H,24,25)/b20-19+. The maximum absolute atomic E-state index is 12.6. The van der Waals surface area contributed by atoms with Gasteiger partial charge in [0.25, 0.3) is 5.91 Å². The van der Waals surface area contributed by atoms with Crippen LogP contribution in [-0.4, -0.2) is 16.5 Å². The first-order valence-electron chi connectivity index (χ1n) is 8.56. The quantitative estimate of drug-likeness (QED) is 0.811. The molecule has 0 saturated carbocycles. The maximum Gasteiger partial charge on any atom is 0.260 e. The highest BCUT2D eigenvalue weighted by atomic mass is 16.5. The summed E-state index contributed by atoms with van der Waals surface area (Å²) in [5.74, 6) is 0.465. The van der Waals surface area contributed by atoms with Crippen LogP contribution >= 0.6 is 0 Å². The average molecular weight is 344 g/mol. The Morgan fingerprint density at radius 3 is 2.73 bits per heavy atom. The van der Waals surface area contributed by atoms with E-state index in [4.69, 9.17) is 4.74 Å². The molecular formula is C22H20N2O2. The molecule has 0 spiro atoms. The molecule has 3 heterocycles. The molecule has 0 bridgehead atoms. The third-order valence-electron chi connectivity index (χ3n) is 4.76. The maximum atomic E-state index is 12.6. The van der Waals surface area contributed by atoms with E-state index >= 15 is 0 Å². The predicted molar refractivity (Wildman–Crippen MR) is 104 cm³/mol. The first kappa shape index (κ1) is 16.3. The summed E-state index contributed by atoms with van der Waals surface area (Å²) in [5, 5.41) is 2.93. The number of nitrogens with one attached hydrogen (secondary N) is 1. The number of aryl methyl sites for hydroxylation is 1. The normalized spacial score (nSPS) is 20.3. The molecule has 1 aromatic carbocycles. The largest absolute Gasteiger partial charge is 0.482 e. The van der Waals surface area contributed by atoms with Gasteiger partial charge >= 0.3 is 0 Å². The zero-order valence-electron chi connectivity index (χ0n) is 15.1. The van der Waals surface area contributed by atoms with Gasteiger partial charge in [-0.2, -0.15) is 0 Å². The summed E-state index contributed by atoms with van der Waals surface area (Å²) in [6.07, 6.45) is 5.48. The van der Waals surface area contributed by atoms with E-state index in [-0.39, 0.29) is 5.91 Å². The molecule has 26 heavy (non-hydrogen) atoms. The summed E-state index contributed by atoms with van der Waals surface area (Å²) in [4.78, 5) is 16.9. The van der Waals surface area contributed by atoms with Gasteiger partial charge in [0.1, 0.15) is 11.4 Å². The van der Waals surface area contributed by atoms with E-state index < -0.39 is 5.60 Å². The molecule has 0 radical (unpaired) electrons. The van der Waals surface area contributed by atoms with E-state index in [0.717, 1.165) is 33.6 Å². The second-order valence-corrected chi connectivity index (χ2v) is 7.09. The molecule has 4 rings (SSSR count). The van der Waals surface area contributed by atoms with Gasteiger partial charge in [-0.1, -0.05) is 24.8 Å². The number of allylic oxidation sites excluding steroid dienone is 1. The van der Waals surface area contributed by atoms with Gasteiger partial charge in [0.2, 0.25) is 0 Å². The lowest BCUT2D eigenvalue weighted by Gasteiger charge is -2.23. The minimum Gasteiger partial charge on any atom is -0.482 e. The first-order chi connectivity index (χ1) is 12.4. The van der Waals surface area contributed by atoms with Crippen molar-refractivity contribution in [2.75, 3.05) is 5.32 Å². The van der Waals surface area contributed by atoms with Crippen molar-refractivity contribution in [1.82, 2.24) is 4.98 Å². The van der Waals surface area contributed by atoms with Crippen LogP contribution in [0.2, 0.25) is 0 Å². The van der Waals surface area contributed by atoms with E-state index in [1.807, 2.05) is 63.4 Å². The van der Waals surface area contributed by atoms with Crippen LogP contribution in [0.3, 0.4) is 0 Å². The van der Waals surface area contributed by atoms with Crippen LogP contribution < -0.4 is 5.32 Å². The van der Waals surface area contributed by atoms with Crippen LogP contribution in [0.4, 0.5) is 5.69 Å². The number of carbonyl (C=O) groups is 1. The molecule has 2 aliphatic rings. The molecule has 0 aliphatic carbocycles. The lowest BCUT2D eigenvalue weighted by molar-refractivity contribution is -0.111. The smallest absolute Gasteiger partial charge is 0.260 e. The lowest BCUT2D eigenvalue weighted by Crippen LogP contribution is -2.21. The number of pyridine rings is 1. The third kappa shape index (κ3) is 2.54. The number of rotatable bonds is 2. The molecule has 4 heteroatoms. The zero-order valence-corrected chi connectivity index (χ0v) is 15.1. The van der Waals surface area contributed by atoms with E-state index in [9.17, 15) is 4.79 Å². The molecule has 1 amide bonds. The Morgan fingerprint density at radius 2 is 2.04 bits per heavy atom. The molecule has 1 N–H and O–H groups in total. The fourth-order valence-corrected chi connectivity index (χ4v) is 3.43. The molecule has 0 atom stereocenters. The van der Waals surface area contributed by atoms with E-state index in [2.05, 4.69) is 16.9 Å². The monoisotopic (exact) mass is 344 g/mol. The summed E-state index contributed by atoms with van der Waals surface area (Å²) in [6.45, 7) is 9.73. The van der Waals surface area contributed by atoms with Gasteiger partial charge in [0.15, 0.2) is 0 Å². The number of hydrogen-bond donors (Lipinski definition) is 1. The highest BCUT2D eigenvalue weighted by Gasteiger charge is 2.37. The van der Waals surface area contributed by atoms with E-state index in [0.29, 0.717) is 11.3 Å². The van der Waals surface area contributed by atoms with Crippen molar-refractivity contribution < 1.29 is 9.53 Å². The van der Waals surface area contributed by atoms with Gasteiger partial charge in [0.05, 0.1) is 11.3 Å². The van der Waals surface area contributed by atoms with Crippen LogP contribution in [0.15, 0.2) is 54.9 Å². The second-order valence-electron chi connectivity index (χ2n) is 7.09. The molecule has 0 unspecified atom stereocenters.